The molecule has 0 fully saturated rings. The molecule has 0 rings (SSSR count). The molecule has 0 aliphatic heterocycles. The molecular formula is C13H25NO2. The van der Waals surface area contributed by atoms with Crippen LogP contribution in [0.3, 0.4) is 0 Å². The van der Waals surface area contributed by atoms with Gasteiger partial charge in [-0.15, -0.1) is 5.06 Å². The van der Waals surface area contributed by atoms with Crippen LogP contribution in [0.5, 0.6) is 0 Å². The van der Waals surface area contributed by atoms with Gasteiger partial charge in [-0.3, -0.25) is 0 Å². The van der Waals surface area contributed by atoms with Crippen LogP contribution in [0.25, 0.3) is 0 Å². The van der Waals surface area contributed by atoms with E-state index in [1.165, 1.54) is 0 Å². The summed E-state index contributed by atoms with van der Waals surface area (Å²) in [6, 6.07) is 0. The summed E-state index contributed by atoms with van der Waals surface area (Å²) < 4.78 is 0. The minimum absolute atomic E-state index is 0.268. The Morgan fingerprint density at radius 1 is 1.12 bits per heavy atom. The van der Waals surface area contributed by atoms with Gasteiger partial charge < -0.3 is 4.84 Å². The van der Waals surface area contributed by atoms with Gasteiger partial charge in [-0.05, 0) is 25.7 Å². The maximum absolute atomic E-state index is 11.6. The third kappa shape index (κ3) is 6.62. The number of nitrogens with zero attached hydrogens (tertiary/aromatic N) is 1. The van der Waals surface area contributed by atoms with E-state index in [0.29, 0.717) is 5.57 Å². The maximum atomic E-state index is 11.6. The minimum Gasteiger partial charge on any atom is -0.364 e. The number of hydroxylamine groups is 2. The smallest absolute Gasteiger partial charge is 0.352 e. The molecule has 3 heteroatoms. The summed E-state index contributed by atoms with van der Waals surface area (Å²) in [6.07, 6.45) is 4.76. The Kier molecular flexibility index (Phi) is 8.91. The molecular weight excluding hydrogens is 202 g/mol. The van der Waals surface area contributed by atoms with Crippen LogP contribution in [0.4, 0.5) is 0 Å². The van der Waals surface area contributed by atoms with E-state index >= 15 is 0 Å². The summed E-state index contributed by atoms with van der Waals surface area (Å²) >= 11 is 0. The van der Waals surface area contributed by atoms with Crippen LogP contribution in [-0.2, 0) is 9.63 Å². The van der Waals surface area contributed by atoms with Gasteiger partial charge in [0.15, 0.2) is 0 Å². The predicted octanol–water partition coefficient (Wildman–Crippen LogP) is 3.31. The Morgan fingerprint density at radius 3 is 2.12 bits per heavy atom. The van der Waals surface area contributed by atoms with E-state index in [1.54, 1.807) is 5.06 Å². The maximum Gasteiger partial charge on any atom is 0.352 e. The van der Waals surface area contributed by atoms with Gasteiger partial charge in [0.05, 0.1) is 0 Å². The SMILES string of the molecule is C=C(CCCC)C(=O)ON(CCC)CCC. The highest BCUT2D eigenvalue weighted by atomic mass is 16.7. The standard InChI is InChI=1S/C13H25NO2/c1-5-8-9-12(4)13(15)16-14(10-6-2)11-7-3/h4-11H2,1-3H3. The van der Waals surface area contributed by atoms with Crippen molar-refractivity contribution in [3.63, 3.8) is 0 Å². The lowest BCUT2D eigenvalue weighted by molar-refractivity contribution is -0.185. The van der Waals surface area contributed by atoms with E-state index in [2.05, 4.69) is 27.4 Å². The summed E-state index contributed by atoms with van der Waals surface area (Å²) in [4.78, 5) is 16.9. The first-order chi connectivity index (χ1) is 7.65. The highest BCUT2D eigenvalue weighted by molar-refractivity contribution is 5.87. The Labute approximate surface area is 99.4 Å². The lowest BCUT2D eigenvalue weighted by Crippen LogP contribution is -2.29. The van der Waals surface area contributed by atoms with Crippen molar-refractivity contribution in [2.75, 3.05) is 13.1 Å². The molecule has 0 saturated heterocycles. The van der Waals surface area contributed by atoms with Crippen molar-refractivity contribution in [1.82, 2.24) is 5.06 Å². The average Bonchev–Trinajstić information content (AvgIpc) is 2.26. The Hall–Kier alpha value is -0.830. The van der Waals surface area contributed by atoms with Crippen molar-refractivity contribution in [2.24, 2.45) is 0 Å². The normalized spacial score (nSPS) is 10.5. The molecule has 0 N–H and O–H groups in total. The average molecular weight is 227 g/mol. The Bertz CT molecular complexity index is 208. The van der Waals surface area contributed by atoms with Crippen molar-refractivity contribution in [3.8, 4) is 0 Å². The second kappa shape index (κ2) is 9.40. The summed E-state index contributed by atoms with van der Waals surface area (Å²) in [5.74, 6) is -0.268. The van der Waals surface area contributed by atoms with Crippen LogP contribution < -0.4 is 0 Å². The van der Waals surface area contributed by atoms with Crippen LogP contribution in [0.2, 0.25) is 0 Å². The summed E-state index contributed by atoms with van der Waals surface area (Å²) in [6.45, 7) is 11.6. The lowest BCUT2D eigenvalue weighted by atomic mass is 10.1. The van der Waals surface area contributed by atoms with Gasteiger partial charge in [-0.1, -0.05) is 33.8 Å². The second-order valence-corrected chi connectivity index (χ2v) is 4.01. The van der Waals surface area contributed by atoms with Crippen LogP contribution >= 0.6 is 0 Å². The van der Waals surface area contributed by atoms with E-state index in [4.69, 9.17) is 4.84 Å². The van der Waals surface area contributed by atoms with Gasteiger partial charge in [0, 0.05) is 18.7 Å². The molecule has 0 aromatic heterocycles. The number of unbranched alkanes of at least 4 members (excludes halogenated alkanes) is 1. The first kappa shape index (κ1) is 15.2. The van der Waals surface area contributed by atoms with Gasteiger partial charge >= 0.3 is 5.97 Å². The van der Waals surface area contributed by atoms with E-state index in [0.717, 1.165) is 45.2 Å². The molecule has 0 bridgehead atoms. The quantitative estimate of drug-likeness (QED) is 0.447. The molecule has 0 unspecified atom stereocenters. The van der Waals surface area contributed by atoms with Gasteiger partial charge in [-0.2, -0.15) is 0 Å². The summed E-state index contributed by atoms with van der Waals surface area (Å²) in [5.41, 5.74) is 0.582. The van der Waals surface area contributed by atoms with Gasteiger partial charge in [0.1, 0.15) is 0 Å². The van der Waals surface area contributed by atoms with E-state index in [9.17, 15) is 4.79 Å². The van der Waals surface area contributed by atoms with Crippen molar-refractivity contribution in [2.45, 2.75) is 52.9 Å². The fourth-order valence-electron chi connectivity index (χ4n) is 1.38. The fourth-order valence-corrected chi connectivity index (χ4v) is 1.38. The number of rotatable bonds is 9. The molecule has 0 aliphatic carbocycles. The van der Waals surface area contributed by atoms with Crippen molar-refractivity contribution in [3.05, 3.63) is 12.2 Å². The van der Waals surface area contributed by atoms with E-state index in [1.807, 2.05) is 0 Å². The third-order valence-electron chi connectivity index (χ3n) is 2.28. The van der Waals surface area contributed by atoms with Crippen LogP contribution in [0, 0.1) is 0 Å². The predicted molar refractivity (Wildman–Crippen MR) is 66.9 cm³/mol. The van der Waals surface area contributed by atoms with Crippen LogP contribution in [-0.4, -0.2) is 24.1 Å². The molecule has 0 radical (unpaired) electrons. The van der Waals surface area contributed by atoms with Gasteiger partial charge in [-0.25, -0.2) is 4.79 Å². The zero-order valence-electron chi connectivity index (χ0n) is 10.9. The number of carbonyl (C=O) groups is 1. The molecule has 0 spiro atoms. The van der Waals surface area contributed by atoms with Gasteiger partial charge in [0.25, 0.3) is 0 Å². The van der Waals surface area contributed by atoms with Crippen molar-refractivity contribution in [1.29, 1.82) is 0 Å². The molecule has 94 valence electrons. The Balaban J connectivity index is 4.01. The molecule has 0 aromatic carbocycles. The Morgan fingerprint density at radius 2 is 1.69 bits per heavy atom. The number of carbonyl (C=O) groups excluding carboxylic acids is 1. The molecule has 3 nitrogen and oxygen atoms in total. The highest BCUT2D eigenvalue weighted by Crippen LogP contribution is 2.08. The molecule has 0 amide bonds. The molecule has 0 aliphatic rings. The molecule has 0 saturated carbocycles. The van der Waals surface area contributed by atoms with Crippen LogP contribution in [0.1, 0.15) is 52.9 Å². The monoisotopic (exact) mass is 227 g/mol. The zero-order valence-corrected chi connectivity index (χ0v) is 10.9. The van der Waals surface area contributed by atoms with Crippen LogP contribution in [0.15, 0.2) is 12.2 Å². The second-order valence-electron chi connectivity index (χ2n) is 4.01. The molecule has 0 heterocycles. The number of hydrogen-bond donors (Lipinski definition) is 0. The van der Waals surface area contributed by atoms with Crippen molar-refractivity contribution < 1.29 is 9.63 Å². The highest BCUT2D eigenvalue weighted by Gasteiger charge is 2.13. The molecule has 16 heavy (non-hydrogen) atoms. The molecule has 0 atom stereocenters. The number of hydrogen-bond acceptors (Lipinski definition) is 3. The summed E-state index contributed by atoms with van der Waals surface area (Å²) in [5, 5.41) is 1.74. The summed E-state index contributed by atoms with van der Waals surface area (Å²) in [7, 11) is 0. The molecule has 0 aromatic rings. The lowest BCUT2D eigenvalue weighted by Gasteiger charge is -2.20. The first-order valence-electron chi connectivity index (χ1n) is 6.30. The van der Waals surface area contributed by atoms with Crippen molar-refractivity contribution >= 4 is 5.97 Å². The minimum atomic E-state index is -0.268. The topological polar surface area (TPSA) is 29.5 Å². The largest absolute Gasteiger partial charge is 0.364 e. The first-order valence-corrected chi connectivity index (χ1v) is 6.30. The third-order valence-corrected chi connectivity index (χ3v) is 2.28. The van der Waals surface area contributed by atoms with Gasteiger partial charge in [0.2, 0.25) is 0 Å². The van der Waals surface area contributed by atoms with E-state index < -0.39 is 0 Å². The zero-order chi connectivity index (χ0) is 12.4. The fraction of sp³-hybridized carbons (Fsp3) is 0.769. The van der Waals surface area contributed by atoms with E-state index in [-0.39, 0.29) is 5.97 Å².